The normalized spacial score (nSPS) is 28.0. The van der Waals surface area contributed by atoms with E-state index in [0.29, 0.717) is 11.5 Å². The van der Waals surface area contributed by atoms with Crippen LogP contribution in [0.25, 0.3) is 11.0 Å². The van der Waals surface area contributed by atoms with Crippen LogP contribution < -0.4 is 5.32 Å². The Labute approximate surface area is 130 Å². The molecule has 22 heavy (non-hydrogen) atoms. The predicted molar refractivity (Wildman–Crippen MR) is 85.4 cm³/mol. The largest absolute Gasteiger partial charge is 0.349 e. The van der Waals surface area contributed by atoms with Crippen molar-refractivity contribution in [2.45, 2.75) is 38.6 Å². The number of carbonyl (C=O) groups is 1. The first-order chi connectivity index (χ1) is 10.7. The van der Waals surface area contributed by atoms with E-state index < -0.39 is 0 Å². The number of nitrogens with zero attached hydrogens (tertiary/aromatic N) is 2. The Morgan fingerprint density at radius 2 is 2.00 bits per heavy atom. The van der Waals surface area contributed by atoms with Crippen molar-refractivity contribution < 1.29 is 4.79 Å². The number of rotatable bonds is 3. The Kier molecular flexibility index (Phi) is 3.32. The summed E-state index contributed by atoms with van der Waals surface area (Å²) < 4.78 is 0. The van der Waals surface area contributed by atoms with Crippen LogP contribution in [0.1, 0.15) is 43.0 Å². The third-order valence-corrected chi connectivity index (χ3v) is 5.53. The lowest BCUT2D eigenvalue weighted by atomic mass is 9.84. The van der Waals surface area contributed by atoms with Gasteiger partial charge in [-0.2, -0.15) is 0 Å². The molecule has 2 aliphatic rings. The zero-order valence-corrected chi connectivity index (χ0v) is 12.8. The van der Waals surface area contributed by atoms with Crippen molar-refractivity contribution in [2.75, 3.05) is 0 Å². The van der Waals surface area contributed by atoms with Crippen LogP contribution in [0.2, 0.25) is 0 Å². The van der Waals surface area contributed by atoms with Crippen molar-refractivity contribution in [3.63, 3.8) is 0 Å². The van der Waals surface area contributed by atoms with Gasteiger partial charge in [-0.1, -0.05) is 6.42 Å². The number of aromatic nitrogens is 2. The Bertz CT molecular complexity index is 714. The van der Waals surface area contributed by atoms with E-state index in [-0.39, 0.29) is 11.9 Å². The Morgan fingerprint density at radius 1 is 1.18 bits per heavy atom. The van der Waals surface area contributed by atoms with Crippen LogP contribution in [0.3, 0.4) is 0 Å². The smallest absolute Gasteiger partial charge is 0.251 e. The molecular formula is C18H21N3O. The van der Waals surface area contributed by atoms with Gasteiger partial charge in [0.1, 0.15) is 0 Å². The number of fused-ring (bicyclic) bond motifs is 3. The van der Waals surface area contributed by atoms with Crippen LogP contribution in [-0.4, -0.2) is 21.9 Å². The minimum absolute atomic E-state index is 0.00262. The molecule has 1 amide bonds. The van der Waals surface area contributed by atoms with Crippen LogP contribution in [0, 0.1) is 17.8 Å². The minimum Gasteiger partial charge on any atom is -0.349 e. The molecule has 2 saturated carbocycles. The summed E-state index contributed by atoms with van der Waals surface area (Å²) in [7, 11) is 0. The van der Waals surface area contributed by atoms with Crippen molar-refractivity contribution in [3.8, 4) is 0 Å². The highest BCUT2D eigenvalue weighted by atomic mass is 16.1. The number of benzene rings is 1. The van der Waals surface area contributed by atoms with Gasteiger partial charge in [-0.3, -0.25) is 14.8 Å². The topological polar surface area (TPSA) is 54.9 Å². The monoisotopic (exact) mass is 295 g/mol. The first kappa shape index (κ1) is 13.7. The molecule has 2 aliphatic carbocycles. The molecule has 4 heteroatoms. The summed E-state index contributed by atoms with van der Waals surface area (Å²) in [6.45, 7) is 2.16. The molecule has 1 heterocycles. The first-order valence-electron chi connectivity index (χ1n) is 8.22. The molecule has 4 rings (SSSR count). The summed E-state index contributed by atoms with van der Waals surface area (Å²) in [5.41, 5.74) is 2.26. The highest BCUT2D eigenvalue weighted by molar-refractivity contribution is 5.97. The number of nitrogens with one attached hydrogen (secondary N) is 1. The van der Waals surface area contributed by atoms with E-state index >= 15 is 0 Å². The zero-order chi connectivity index (χ0) is 15.1. The highest BCUT2D eigenvalue weighted by Gasteiger charge is 2.42. The van der Waals surface area contributed by atoms with Gasteiger partial charge in [0.05, 0.1) is 11.0 Å². The summed E-state index contributed by atoms with van der Waals surface area (Å²) >= 11 is 0. The molecule has 1 aromatic carbocycles. The van der Waals surface area contributed by atoms with E-state index in [0.717, 1.165) is 22.9 Å². The minimum atomic E-state index is 0.00262. The maximum Gasteiger partial charge on any atom is 0.251 e. The Balaban J connectivity index is 1.48. The van der Waals surface area contributed by atoms with Crippen molar-refractivity contribution in [1.29, 1.82) is 0 Å². The van der Waals surface area contributed by atoms with Crippen LogP contribution in [0.15, 0.2) is 30.6 Å². The van der Waals surface area contributed by atoms with Gasteiger partial charge in [0.25, 0.3) is 5.91 Å². The molecule has 2 aromatic rings. The number of amides is 1. The van der Waals surface area contributed by atoms with Crippen molar-refractivity contribution in [3.05, 3.63) is 36.2 Å². The number of hydrogen-bond acceptors (Lipinski definition) is 3. The van der Waals surface area contributed by atoms with E-state index in [2.05, 4.69) is 22.2 Å². The molecule has 2 fully saturated rings. The van der Waals surface area contributed by atoms with Gasteiger partial charge in [0, 0.05) is 24.0 Å². The van der Waals surface area contributed by atoms with E-state index in [4.69, 9.17) is 0 Å². The molecule has 4 atom stereocenters. The molecule has 2 bridgehead atoms. The molecule has 4 nitrogen and oxygen atoms in total. The third kappa shape index (κ3) is 2.36. The second-order valence-electron chi connectivity index (χ2n) is 6.86. The number of hydrogen-bond donors (Lipinski definition) is 1. The maximum absolute atomic E-state index is 12.5. The molecule has 0 radical (unpaired) electrons. The van der Waals surface area contributed by atoms with Crippen molar-refractivity contribution in [2.24, 2.45) is 17.8 Å². The highest BCUT2D eigenvalue weighted by Crippen LogP contribution is 2.49. The first-order valence-corrected chi connectivity index (χ1v) is 8.22. The van der Waals surface area contributed by atoms with Gasteiger partial charge in [-0.05, 0) is 62.1 Å². The molecule has 0 saturated heterocycles. The van der Waals surface area contributed by atoms with E-state index in [1.165, 1.54) is 25.7 Å². The predicted octanol–water partition coefficient (Wildman–Crippen LogP) is 3.18. The van der Waals surface area contributed by atoms with E-state index in [1.807, 2.05) is 18.2 Å². The lowest BCUT2D eigenvalue weighted by Gasteiger charge is -2.28. The lowest BCUT2D eigenvalue weighted by molar-refractivity contribution is 0.0915. The van der Waals surface area contributed by atoms with Crippen molar-refractivity contribution in [1.82, 2.24) is 15.3 Å². The number of carbonyl (C=O) groups excluding carboxylic acids is 1. The van der Waals surface area contributed by atoms with Crippen molar-refractivity contribution >= 4 is 16.9 Å². The average molecular weight is 295 g/mol. The fourth-order valence-corrected chi connectivity index (χ4v) is 4.41. The van der Waals surface area contributed by atoms with Gasteiger partial charge in [0.2, 0.25) is 0 Å². The molecule has 0 spiro atoms. The quantitative estimate of drug-likeness (QED) is 0.946. The van der Waals surface area contributed by atoms with Gasteiger partial charge in [0.15, 0.2) is 0 Å². The van der Waals surface area contributed by atoms with Crippen LogP contribution in [0.4, 0.5) is 0 Å². The van der Waals surface area contributed by atoms with E-state index in [1.54, 1.807) is 12.4 Å². The van der Waals surface area contributed by atoms with Gasteiger partial charge >= 0.3 is 0 Å². The summed E-state index contributed by atoms with van der Waals surface area (Å²) in [5, 5.41) is 3.20. The van der Waals surface area contributed by atoms with Crippen LogP contribution >= 0.6 is 0 Å². The summed E-state index contributed by atoms with van der Waals surface area (Å²) in [5.74, 6) is 2.39. The molecular weight excluding hydrogens is 274 g/mol. The molecule has 1 aromatic heterocycles. The average Bonchev–Trinajstić information content (AvgIpc) is 3.17. The Hall–Kier alpha value is -1.97. The summed E-state index contributed by atoms with van der Waals surface area (Å²) in [6, 6.07) is 5.77. The molecule has 0 aliphatic heterocycles. The summed E-state index contributed by atoms with van der Waals surface area (Å²) in [4.78, 5) is 21.0. The molecule has 1 N–H and O–H groups in total. The van der Waals surface area contributed by atoms with E-state index in [9.17, 15) is 4.79 Å². The maximum atomic E-state index is 12.5. The van der Waals surface area contributed by atoms with Gasteiger partial charge in [-0.25, -0.2) is 0 Å². The SMILES string of the molecule is C[C@@H](NC(=O)c1ccc2nccnc2c1)[C@@H]1C[C@H]2CC[C@H]1C2. The van der Waals surface area contributed by atoms with Crippen LogP contribution in [-0.2, 0) is 0 Å². The molecule has 114 valence electrons. The second-order valence-corrected chi connectivity index (χ2v) is 6.86. The van der Waals surface area contributed by atoms with Gasteiger partial charge in [-0.15, -0.1) is 0 Å². The Morgan fingerprint density at radius 3 is 2.73 bits per heavy atom. The zero-order valence-electron chi connectivity index (χ0n) is 12.8. The fourth-order valence-electron chi connectivity index (χ4n) is 4.41. The summed E-state index contributed by atoms with van der Waals surface area (Å²) in [6.07, 6.45) is 8.72. The third-order valence-electron chi connectivity index (χ3n) is 5.53. The van der Waals surface area contributed by atoms with Crippen LogP contribution in [0.5, 0.6) is 0 Å². The fraction of sp³-hybridized carbons (Fsp3) is 0.500. The standard InChI is InChI=1S/C18H21N3O/c1-11(15-9-12-2-3-13(15)8-12)21-18(22)14-4-5-16-17(10-14)20-7-6-19-16/h4-7,10-13,15H,2-3,8-9H2,1H3,(H,21,22)/t11-,12+,13+,15+/m1/s1. The van der Waals surface area contributed by atoms with Gasteiger partial charge < -0.3 is 5.32 Å². The lowest BCUT2D eigenvalue weighted by Crippen LogP contribution is -2.40. The second kappa shape index (κ2) is 5.34. The molecule has 0 unspecified atom stereocenters.